The molecule has 1 unspecified atom stereocenters. The Balaban J connectivity index is 1.53. The number of carboxylic acids is 1. The van der Waals surface area contributed by atoms with E-state index in [0.29, 0.717) is 22.9 Å². The maximum atomic E-state index is 12.3. The highest BCUT2D eigenvalue weighted by molar-refractivity contribution is 8.03. The number of thioether (sulfide) groups is 1. The Morgan fingerprint density at radius 1 is 1.42 bits per heavy atom. The lowest BCUT2D eigenvalue weighted by Crippen LogP contribution is -2.51. The van der Waals surface area contributed by atoms with Gasteiger partial charge in [0.15, 0.2) is 0 Å². The van der Waals surface area contributed by atoms with Gasteiger partial charge >= 0.3 is 5.97 Å². The maximum Gasteiger partial charge on any atom is 0.353 e. The Kier molecular flexibility index (Phi) is 3.17. The van der Waals surface area contributed by atoms with Crippen LogP contribution in [0.5, 0.6) is 5.88 Å². The number of β-lactam (4-membered cyclic amide) rings is 1. The monoisotopic (exact) mass is 370 g/mol. The average molecular weight is 370 g/mol. The van der Waals surface area contributed by atoms with Crippen molar-refractivity contribution in [2.75, 3.05) is 7.11 Å². The van der Waals surface area contributed by atoms with E-state index in [9.17, 15) is 9.59 Å². The van der Waals surface area contributed by atoms with Gasteiger partial charge < -0.3 is 9.84 Å². The molecule has 0 aromatic carbocycles. The van der Waals surface area contributed by atoms with Crippen molar-refractivity contribution >= 4 is 35.5 Å². The van der Waals surface area contributed by atoms with E-state index in [4.69, 9.17) is 9.84 Å². The number of methoxy groups -OCH3 is 1. The summed E-state index contributed by atoms with van der Waals surface area (Å²) in [5.74, 6) is -0.225. The third-order valence-corrected chi connectivity index (χ3v) is 5.98. The van der Waals surface area contributed by atoms with E-state index in [1.54, 1.807) is 13.2 Å². The summed E-state index contributed by atoms with van der Waals surface area (Å²) in [7, 11) is 1.61. The van der Waals surface area contributed by atoms with Gasteiger partial charge in [0, 0.05) is 22.9 Å². The van der Waals surface area contributed by atoms with Crippen LogP contribution in [0, 0.1) is 0 Å². The van der Waals surface area contributed by atoms with Crippen LogP contribution in [0.2, 0.25) is 0 Å². The number of aliphatic carboxylic acids is 1. The summed E-state index contributed by atoms with van der Waals surface area (Å²) in [5.41, 5.74) is 3.47. The lowest BCUT2D eigenvalue weighted by Gasteiger charge is -2.36. The van der Waals surface area contributed by atoms with Crippen LogP contribution in [0.25, 0.3) is 11.9 Å². The molecule has 1 N–H and O–H groups in total. The number of ether oxygens (including phenoxy) is 1. The van der Waals surface area contributed by atoms with Crippen LogP contribution in [0.1, 0.15) is 23.4 Å². The molecule has 1 atom stereocenters. The molecule has 1 amide bonds. The van der Waals surface area contributed by atoms with Crippen molar-refractivity contribution in [2.24, 2.45) is 0 Å². The van der Waals surface area contributed by atoms with Gasteiger partial charge in [0.2, 0.25) is 11.7 Å². The van der Waals surface area contributed by atoms with Crippen LogP contribution >= 0.6 is 11.8 Å². The van der Waals surface area contributed by atoms with Crippen LogP contribution in [0.3, 0.4) is 0 Å². The summed E-state index contributed by atoms with van der Waals surface area (Å²) in [4.78, 5) is 33.8. The van der Waals surface area contributed by atoms with E-state index in [0.717, 1.165) is 30.5 Å². The van der Waals surface area contributed by atoms with Crippen molar-refractivity contribution in [1.82, 2.24) is 19.3 Å². The van der Waals surface area contributed by atoms with Crippen LogP contribution in [0.4, 0.5) is 0 Å². The molecule has 2 aliphatic heterocycles. The number of hydrogen-bond donors (Lipinski definition) is 1. The summed E-state index contributed by atoms with van der Waals surface area (Å²) in [6.07, 6.45) is 6.52. The molecule has 1 fully saturated rings. The Hall–Kier alpha value is -2.81. The number of hydrogen-bond acceptors (Lipinski definition) is 6. The van der Waals surface area contributed by atoms with Crippen LogP contribution in [-0.4, -0.2) is 48.7 Å². The second kappa shape index (κ2) is 5.34. The number of carboxylic acid groups (broad SMARTS) is 1. The van der Waals surface area contributed by atoms with Crippen molar-refractivity contribution in [1.29, 1.82) is 0 Å². The van der Waals surface area contributed by atoms with Crippen molar-refractivity contribution in [2.45, 2.75) is 24.6 Å². The topological polar surface area (TPSA) is 97.0 Å². The van der Waals surface area contributed by atoms with Gasteiger partial charge in [-0.15, -0.1) is 11.8 Å². The van der Waals surface area contributed by atoms with Crippen LogP contribution < -0.4 is 4.74 Å². The molecule has 9 heteroatoms. The Morgan fingerprint density at radius 3 is 3.04 bits per heavy atom. The zero-order chi connectivity index (χ0) is 18.0. The third kappa shape index (κ3) is 1.97. The number of imidazole rings is 1. The molecule has 5 rings (SSSR count). The molecule has 1 saturated heterocycles. The molecule has 0 saturated carbocycles. The van der Waals surface area contributed by atoms with Crippen LogP contribution in [0.15, 0.2) is 22.9 Å². The van der Waals surface area contributed by atoms with Gasteiger partial charge in [-0.2, -0.15) is 4.98 Å². The first-order chi connectivity index (χ1) is 12.6. The van der Waals surface area contributed by atoms with Gasteiger partial charge in [-0.05, 0) is 25.3 Å². The number of nitrogens with zero attached hydrogens (tertiary/aromatic N) is 4. The standard InChI is InChI=1S/C17H14N4O4S/c1-25-13-9-3-2-4-11(9)20-6-8(18-17(20)19-13)5-10-14(22)21-12(16(23)24)7-26-15(10)21/h5-7,15H,2-4H2,1H3,(H,23,24). The number of carbonyl (C=O) groups excluding carboxylic acids is 1. The van der Waals surface area contributed by atoms with E-state index in [1.165, 1.54) is 22.1 Å². The summed E-state index contributed by atoms with van der Waals surface area (Å²) < 4.78 is 7.35. The number of amides is 1. The lowest BCUT2D eigenvalue weighted by molar-refractivity contribution is -0.141. The van der Waals surface area contributed by atoms with Crippen molar-refractivity contribution in [3.63, 3.8) is 0 Å². The van der Waals surface area contributed by atoms with E-state index in [-0.39, 0.29) is 17.0 Å². The lowest BCUT2D eigenvalue weighted by atomic mass is 10.0. The largest absolute Gasteiger partial charge is 0.481 e. The third-order valence-electron chi connectivity index (χ3n) is 4.90. The van der Waals surface area contributed by atoms with E-state index >= 15 is 0 Å². The molecule has 8 nitrogen and oxygen atoms in total. The average Bonchev–Trinajstić information content (AvgIpc) is 3.33. The molecule has 132 valence electrons. The molecular weight excluding hydrogens is 356 g/mol. The number of aryl methyl sites for hydroxylation is 1. The zero-order valence-electron chi connectivity index (χ0n) is 13.8. The molecule has 2 aromatic rings. The molecule has 1 aliphatic carbocycles. The molecule has 0 bridgehead atoms. The van der Waals surface area contributed by atoms with Gasteiger partial charge in [-0.3, -0.25) is 14.1 Å². The first kappa shape index (κ1) is 15.4. The normalized spacial score (nSPS) is 22.4. The van der Waals surface area contributed by atoms with Gasteiger partial charge in [0.05, 0.1) is 18.4 Å². The zero-order valence-corrected chi connectivity index (χ0v) is 14.6. The van der Waals surface area contributed by atoms with Gasteiger partial charge in [0.1, 0.15) is 11.1 Å². The SMILES string of the molecule is COc1nc2nc(C=C3C(=O)N4C(C(=O)O)=CSC34)cn2c2c1CCC2. The minimum atomic E-state index is -1.09. The highest BCUT2D eigenvalue weighted by Gasteiger charge is 2.49. The molecular formula is C17H14N4O4S. The summed E-state index contributed by atoms with van der Waals surface area (Å²) in [6, 6.07) is 0. The number of aromatic nitrogens is 3. The predicted molar refractivity (Wildman–Crippen MR) is 93.5 cm³/mol. The fourth-order valence-corrected chi connectivity index (χ4v) is 4.83. The predicted octanol–water partition coefficient (Wildman–Crippen LogP) is 1.45. The molecule has 4 heterocycles. The fraction of sp³-hybridized carbons (Fsp3) is 0.294. The van der Waals surface area contributed by atoms with Gasteiger partial charge in [-0.1, -0.05) is 0 Å². The van der Waals surface area contributed by atoms with Crippen molar-refractivity contribution in [3.8, 4) is 5.88 Å². The quantitative estimate of drug-likeness (QED) is 0.645. The first-order valence-corrected chi connectivity index (χ1v) is 9.11. The van der Waals surface area contributed by atoms with E-state index < -0.39 is 5.97 Å². The van der Waals surface area contributed by atoms with Crippen LogP contribution in [-0.2, 0) is 22.4 Å². The summed E-state index contributed by atoms with van der Waals surface area (Å²) >= 11 is 1.32. The van der Waals surface area contributed by atoms with Crippen molar-refractivity contribution in [3.05, 3.63) is 39.8 Å². The number of carbonyl (C=O) groups is 2. The van der Waals surface area contributed by atoms with Gasteiger partial charge in [-0.25, -0.2) is 9.78 Å². The maximum absolute atomic E-state index is 12.3. The summed E-state index contributed by atoms with van der Waals surface area (Å²) in [6.45, 7) is 0. The first-order valence-electron chi connectivity index (χ1n) is 8.17. The molecule has 0 spiro atoms. The van der Waals surface area contributed by atoms with E-state index in [2.05, 4.69) is 9.97 Å². The second-order valence-corrected chi connectivity index (χ2v) is 7.26. The number of fused-ring (bicyclic) bond motifs is 4. The fourth-order valence-electron chi connectivity index (χ4n) is 3.71. The Bertz CT molecular complexity index is 1050. The van der Waals surface area contributed by atoms with Gasteiger partial charge in [0.25, 0.3) is 5.91 Å². The molecule has 2 aromatic heterocycles. The molecule has 0 radical (unpaired) electrons. The summed E-state index contributed by atoms with van der Waals surface area (Å²) in [5, 5.41) is 10.4. The highest BCUT2D eigenvalue weighted by Crippen LogP contribution is 2.45. The Morgan fingerprint density at radius 2 is 2.27 bits per heavy atom. The van der Waals surface area contributed by atoms with Crippen molar-refractivity contribution < 1.29 is 19.4 Å². The highest BCUT2D eigenvalue weighted by atomic mass is 32.2. The smallest absolute Gasteiger partial charge is 0.353 e. The molecule has 3 aliphatic rings. The second-order valence-electron chi connectivity index (χ2n) is 6.31. The Labute approximate surface area is 152 Å². The van der Waals surface area contributed by atoms with E-state index in [1.807, 2.05) is 10.6 Å². The molecule has 26 heavy (non-hydrogen) atoms. The minimum absolute atomic E-state index is 0.0291. The minimum Gasteiger partial charge on any atom is -0.481 e. The number of rotatable bonds is 3.